The van der Waals surface area contributed by atoms with Crippen LogP contribution in [0.3, 0.4) is 0 Å². The minimum Gasteiger partial charge on any atom is -0.365 e. The van der Waals surface area contributed by atoms with Crippen LogP contribution in [0.15, 0.2) is 5.51 Å². The van der Waals surface area contributed by atoms with E-state index in [1.807, 2.05) is 6.92 Å². The minimum absolute atomic E-state index is 0.115. The molecule has 1 aliphatic carbocycles. The molecule has 6 heteroatoms. The predicted molar refractivity (Wildman–Crippen MR) is 66.0 cm³/mol. The lowest BCUT2D eigenvalue weighted by Crippen LogP contribution is -2.32. The van der Waals surface area contributed by atoms with Crippen molar-refractivity contribution in [3.05, 3.63) is 5.51 Å². The van der Waals surface area contributed by atoms with E-state index in [4.69, 9.17) is 4.74 Å². The molecule has 0 spiro atoms. The third-order valence-electron chi connectivity index (χ3n) is 2.91. The van der Waals surface area contributed by atoms with Gasteiger partial charge in [-0.1, -0.05) is 31.1 Å². The Hall–Kier alpha value is -1.01. The number of carbonyl (C=O) groups is 1. The summed E-state index contributed by atoms with van der Waals surface area (Å²) in [5.41, 5.74) is 1.59. The molecule has 1 saturated carbocycles. The highest BCUT2D eigenvalue weighted by Crippen LogP contribution is 2.23. The average Bonchev–Trinajstić information content (AvgIpc) is 2.97. The van der Waals surface area contributed by atoms with Crippen molar-refractivity contribution in [2.75, 3.05) is 5.32 Å². The zero-order valence-electron chi connectivity index (χ0n) is 9.89. The third kappa shape index (κ3) is 3.47. The van der Waals surface area contributed by atoms with E-state index in [1.54, 1.807) is 5.51 Å². The zero-order valence-corrected chi connectivity index (χ0v) is 10.7. The molecule has 0 bridgehead atoms. The Labute approximate surface area is 105 Å². The molecule has 1 aliphatic rings. The highest BCUT2D eigenvalue weighted by molar-refractivity contribution is 7.13. The van der Waals surface area contributed by atoms with Crippen LogP contribution in [0.2, 0.25) is 0 Å². The Kier molecular flexibility index (Phi) is 4.44. The number of nitrogens with zero attached hydrogens (tertiary/aromatic N) is 2. The number of hydrogen-bond donors (Lipinski definition) is 1. The van der Waals surface area contributed by atoms with Gasteiger partial charge in [0.15, 0.2) is 0 Å². The van der Waals surface area contributed by atoms with Crippen molar-refractivity contribution in [1.82, 2.24) is 10.2 Å². The lowest BCUT2D eigenvalue weighted by atomic mass is 10.2. The van der Waals surface area contributed by atoms with Gasteiger partial charge in [-0.05, 0) is 19.3 Å². The van der Waals surface area contributed by atoms with Gasteiger partial charge in [0, 0.05) is 0 Å². The largest absolute Gasteiger partial charge is 0.365 e. The Morgan fingerprint density at radius 1 is 1.65 bits per heavy atom. The van der Waals surface area contributed by atoms with Crippen LogP contribution in [0.25, 0.3) is 0 Å². The fourth-order valence-corrected chi connectivity index (χ4v) is 2.46. The van der Waals surface area contributed by atoms with Gasteiger partial charge in [-0.25, -0.2) is 0 Å². The zero-order chi connectivity index (χ0) is 12.1. The molecule has 94 valence electrons. The van der Waals surface area contributed by atoms with E-state index in [0.717, 1.165) is 12.8 Å². The molecule has 1 aromatic heterocycles. The summed E-state index contributed by atoms with van der Waals surface area (Å²) in [6.07, 6.45) is 5.12. The molecule has 2 rings (SSSR count). The summed E-state index contributed by atoms with van der Waals surface area (Å²) in [7, 11) is 0. The van der Waals surface area contributed by atoms with Gasteiger partial charge in [0.1, 0.15) is 11.6 Å². The van der Waals surface area contributed by atoms with Gasteiger partial charge in [-0.15, -0.1) is 10.2 Å². The average molecular weight is 255 g/mol. The van der Waals surface area contributed by atoms with E-state index in [0.29, 0.717) is 11.6 Å². The first-order chi connectivity index (χ1) is 8.29. The molecule has 1 atom stereocenters. The van der Waals surface area contributed by atoms with Gasteiger partial charge in [0.25, 0.3) is 5.91 Å². The van der Waals surface area contributed by atoms with Gasteiger partial charge < -0.3 is 4.74 Å². The highest BCUT2D eigenvalue weighted by atomic mass is 32.1. The fraction of sp³-hybridized carbons (Fsp3) is 0.727. The molecule has 1 fully saturated rings. The third-order valence-corrected chi connectivity index (χ3v) is 3.52. The van der Waals surface area contributed by atoms with Gasteiger partial charge in [-0.2, -0.15) is 0 Å². The van der Waals surface area contributed by atoms with Gasteiger partial charge in [0.2, 0.25) is 5.13 Å². The Balaban J connectivity index is 1.86. The molecule has 5 nitrogen and oxygen atoms in total. The Morgan fingerprint density at radius 2 is 2.41 bits per heavy atom. The molecule has 1 N–H and O–H groups in total. The lowest BCUT2D eigenvalue weighted by Gasteiger charge is -2.19. The molecule has 1 heterocycles. The normalized spacial score (nSPS) is 18.2. The summed E-state index contributed by atoms with van der Waals surface area (Å²) in [5.74, 6) is -0.115. The van der Waals surface area contributed by atoms with Crippen molar-refractivity contribution in [1.29, 1.82) is 0 Å². The van der Waals surface area contributed by atoms with Crippen molar-refractivity contribution in [3.63, 3.8) is 0 Å². The molecule has 17 heavy (non-hydrogen) atoms. The second kappa shape index (κ2) is 6.07. The van der Waals surface area contributed by atoms with E-state index in [1.165, 1.54) is 24.2 Å². The maximum absolute atomic E-state index is 11.9. The number of nitrogens with one attached hydrogen (secondary N) is 1. The number of amides is 1. The fourth-order valence-electron chi connectivity index (χ4n) is 2.01. The first-order valence-corrected chi connectivity index (χ1v) is 6.90. The number of hydrogen-bond acceptors (Lipinski definition) is 5. The second-order valence-electron chi connectivity index (χ2n) is 4.17. The summed E-state index contributed by atoms with van der Waals surface area (Å²) in [6, 6.07) is 0. The van der Waals surface area contributed by atoms with Crippen LogP contribution in [0.5, 0.6) is 0 Å². The summed E-state index contributed by atoms with van der Waals surface area (Å²) < 4.78 is 5.82. The van der Waals surface area contributed by atoms with E-state index in [9.17, 15) is 4.79 Å². The molecule has 1 aromatic rings. The van der Waals surface area contributed by atoms with Crippen LogP contribution >= 0.6 is 11.3 Å². The summed E-state index contributed by atoms with van der Waals surface area (Å²) in [5, 5.41) is 10.7. The maximum Gasteiger partial charge on any atom is 0.255 e. The molecule has 1 amide bonds. The van der Waals surface area contributed by atoms with E-state index in [2.05, 4.69) is 15.5 Å². The summed E-state index contributed by atoms with van der Waals surface area (Å²) in [6.45, 7) is 1.96. The smallest absolute Gasteiger partial charge is 0.255 e. The lowest BCUT2D eigenvalue weighted by molar-refractivity contribution is -0.131. The van der Waals surface area contributed by atoms with Crippen molar-refractivity contribution >= 4 is 22.4 Å². The number of ether oxygens (including phenoxy) is 1. The second-order valence-corrected chi connectivity index (χ2v) is 5.01. The van der Waals surface area contributed by atoms with E-state index < -0.39 is 0 Å². The van der Waals surface area contributed by atoms with E-state index in [-0.39, 0.29) is 18.1 Å². The maximum atomic E-state index is 11.9. The number of carbonyl (C=O) groups excluding carboxylic acids is 1. The number of rotatable bonds is 5. The Bertz CT molecular complexity index is 350. The number of anilines is 1. The van der Waals surface area contributed by atoms with E-state index >= 15 is 0 Å². The molecule has 0 radical (unpaired) electrons. The van der Waals surface area contributed by atoms with Gasteiger partial charge in [-0.3, -0.25) is 10.1 Å². The van der Waals surface area contributed by atoms with Gasteiger partial charge in [0.05, 0.1) is 6.10 Å². The van der Waals surface area contributed by atoms with Crippen LogP contribution in [-0.2, 0) is 9.53 Å². The van der Waals surface area contributed by atoms with Crippen LogP contribution in [0.4, 0.5) is 5.13 Å². The molecular weight excluding hydrogens is 238 g/mol. The molecule has 0 aliphatic heterocycles. The quantitative estimate of drug-likeness (QED) is 0.876. The topological polar surface area (TPSA) is 64.1 Å². The van der Waals surface area contributed by atoms with Crippen molar-refractivity contribution in [3.8, 4) is 0 Å². The van der Waals surface area contributed by atoms with Crippen molar-refractivity contribution < 1.29 is 9.53 Å². The molecular formula is C11H17N3O2S. The monoisotopic (exact) mass is 255 g/mol. The first kappa shape index (κ1) is 12.4. The standard InChI is InChI=1S/C11H17N3O2S/c1-2-9(16-8-5-3-4-6-8)10(15)13-11-14-12-7-17-11/h7-9H,2-6H2,1H3,(H,13,14,15)/t9-/m1/s1. The van der Waals surface area contributed by atoms with Crippen LogP contribution < -0.4 is 5.32 Å². The predicted octanol–water partition coefficient (Wildman–Crippen LogP) is 2.21. The minimum atomic E-state index is -0.373. The summed E-state index contributed by atoms with van der Waals surface area (Å²) in [4.78, 5) is 11.9. The van der Waals surface area contributed by atoms with Crippen LogP contribution in [-0.4, -0.2) is 28.3 Å². The summed E-state index contributed by atoms with van der Waals surface area (Å²) >= 11 is 1.31. The van der Waals surface area contributed by atoms with Crippen molar-refractivity contribution in [2.24, 2.45) is 0 Å². The molecule has 0 unspecified atom stereocenters. The van der Waals surface area contributed by atoms with Crippen LogP contribution in [0.1, 0.15) is 39.0 Å². The van der Waals surface area contributed by atoms with Crippen molar-refractivity contribution in [2.45, 2.75) is 51.2 Å². The molecule has 0 saturated heterocycles. The van der Waals surface area contributed by atoms with Crippen LogP contribution in [0, 0.1) is 0 Å². The SMILES string of the molecule is CC[C@@H](OC1CCCC1)C(=O)Nc1nncs1. The molecule has 0 aromatic carbocycles. The highest BCUT2D eigenvalue weighted by Gasteiger charge is 2.24. The van der Waals surface area contributed by atoms with Gasteiger partial charge >= 0.3 is 0 Å². The first-order valence-electron chi connectivity index (χ1n) is 6.02. The Morgan fingerprint density at radius 3 is 3.00 bits per heavy atom. The number of aromatic nitrogens is 2.